The Morgan fingerprint density at radius 1 is 1.22 bits per heavy atom. The van der Waals surface area contributed by atoms with Crippen LogP contribution < -0.4 is 15.5 Å². The van der Waals surface area contributed by atoms with Gasteiger partial charge in [-0.25, -0.2) is 4.98 Å². The number of pyridine rings is 1. The molecule has 2 aliphatic rings. The third kappa shape index (κ3) is 4.24. The third-order valence-corrected chi connectivity index (χ3v) is 6.75. The first-order valence-electron chi connectivity index (χ1n) is 11.8. The summed E-state index contributed by atoms with van der Waals surface area (Å²) < 4.78 is 40.2. The molecule has 12 heteroatoms. The van der Waals surface area contributed by atoms with E-state index in [1.807, 2.05) is 32.7 Å². The van der Waals surface area contributed by atoms with Crippen LogP contribution in [0, 0.1) is 12.8 Å². The molecule has 3 aromatic rings. The van der Waals surface area contributed by atoms with Crippen molar-refractivity contribution in [3.05, 3.63) is 52.7 Å². The van der Waals surface area contributed by atoms with E-state index in [1.54, 1.807) is 10.9 Å². The molecule has 1 unspecified atom stereocenters. The van der Waals surface area contributed by atoms with E-state index in [0.29, 0.717) is 35.3 Å². The van der Waals surface area contributed by atoms with Gasteiger partial charge in [-0.1, -0.05) is 19.9 Å². The number of anilines is 3. The highest BCUT2D eigenvalue weighted by Gasteiger charge is 2.36. The van der Waals surface area contributed by atoms with Crippen LogP contribution in [-0.4, -0.2) is 43.7 Å². The van der Waals surface area contributed by atoms with Crippen LogP contribution in [0.4, 0.5) is 30.6 Å². The molecule has 1 amide bonds. The average molecular weight is 501 g/mol. The van der Waals surface area contributed by atoms with Crippen LogP contribution in [0.2, 0.25) is 0 Å². The number of carbonyl (C=O) groups excluding carboxylic acids is 1. The van der Waals surface area contributed by atoms with E-state index in [0.717, 1.165) is 30.2 Å². The summed E-state index contributed by atoms with van der Waals surface area (Å²) in [6.07, 6.45) is 0.127. The Balaban J connectivity index is 1.34. The molecule has 3 aromatic heterocycles. The topological polar surface area (TPSA) is 101 Å². The van der Waals surface area contributed by atoms with E-state index in [1.165, 1.54) is 12.3 Å². The van der Waals surface area contributed by atoms with Gasteiger partial charge in [0.25, 0.3) is 0 Å². The van der Waals surface area contributed by atoms with Crippen LogP contribution in [0.1, 0.15) is 54.5 Å². The summed E-state index contributed by atoms with van der Waals surface area (Å²) >= 11 is 0. The molecule has 0 bridgehead atoms. The zero-order valence-electron chi connectivity index (χ0n) is 20.4. The molecular formula is C24H27F3N8O. The van der Waals surface area contributed by atoms with Gasteiger partial charge in [0.2, 0.25) is 11.9 Å². The second-order valence-corrected chi connectivity index (χ2v) is 9.61. The lowest BCUT2D eigenvalue weighted by atomic mass is 9.99. The summed E-state index contributed by atoms with van der Waals surface area (Å²) in [7, 11) is 1.87. The fraction of sp³-hybridized carbons (Fsp3) is 0.458. The number of fused-ring (bicyclic) bond motifs is 2. The van der Waals surface area contributed by atoms with Gasteiger partial charge in [-0.05, 0) is 37.3 Å². The Bertz CT molecular complexity index is 1300. The van der Waals surface area contributed by atoms with E-state index in [9.17, 15) is 18.0 Å². The quantitative estimate of drug-likeness (QED) is 0.547. The second kappa shape index (κ2) is 8.75. The number of nitrogens with zero attached hydrogens (tertiary/aromatic N) is 6. The first-order chi connectivity index (χ1) is 17.0. The maximum Gasteiger partial charge on any atom is 0.433 e. The van der Waals surface area contributed by atoms with E-state index >= 15 is 0 Å². The van der Waals surface area contributed by atoms with Crippen molar-refractivity contribution in [2.24, 2.45) is 5.92 Å². The minimum Gasteiger partial charge on any atom is -0.347 e. The Hall–Kier alpha value is -3.70. The fourth-order valence-electron chi connectivity index (χ4n) is 5.01. The maximum atomic E-state index is 12.8. The number of aromatic nitrogens is 5. The zero-order valence-corrected chi connectivity index (χ0v) is 20.4. The smallest absolute Gasteiger partial charge is 0.347 e. The number of nitrogens with one attached hydrogen (secondary N) is 2. The molecule has 2 N–H and O–H groups in total. The highest BCUT2D eigenvalue weighted by molar-refractivity contribution is 6.03. The Kier molecular flexibility index (Phi) is 5.84. The van der Waals surface area contributed by atoms with Crippen molar-refractivity contribution in [1.29, 1.82) is 0 Å². The first-order valence-corrected chi connectivity index (χ1v) is 11.8. The zero-order chi connectivity index (χ0) is 25.8. The summed E-state index contributed by atoms with van der Waals surface area (Å²) in [5.74, 6) is 1.18. The predicted octanol–water partition coefficient (Wildman–Crippen LogP) is 3.96. The lowest BCUT2D eigenvalue weighted by molar-refractivity contribution is -0.141. The second-order valence-electron chi connectivity index (χ2n) is 9.61. The highest BCUT2D eigenvalue weighted by atomic mass is 19.4. The van der Waals surface area contributed by atoms with Gasteiger partial charge in [0.15, 0.2) is 5.82 Å². The third-order valence-electron chi connectivity index (χ3n) is 6.75. The lowest BCUT2D eigenvalue weighted by Crippen LogP contribution is -2.49. The molecule has 0 aromatic carbocycles. The van der Waals surface area contributed by atoms with Crippen LogP contribution in [0.5, 0.6) is 0 Å². The largest absolute Gasteiger partial charge is 0.433 e. The molecule has 9 nitrogen and oxygen atoms in total. The Morgan fingerprint density at radius 2 is 2.00 bits per heavy atom. The van der Waals surface area contributed by atoms with Gasteiger partial charge in [0.1, 0.15) is 17.4 Å². The molecule has 36 heavy (non-hydrogen) atoms. The van der Waals surface area contributed by atoms with Crippen molar-refractivity contribution in [1.82, 2.24) is 24.7 Å². The molecule has 0 fully saturated rings. The van der Waals surface area contributed by atoms with E-state index < -0.39 is 11.9 Å². The van der Waals surface area contributed by atoms with Crippen molar-refractivity contribution in [2.45, 2.75) is 58.4 Å². The van der Waals surface area contributed by atoms with Gasteiger partial charge in [-0.15, -0.1) is 0 Å². The molecule has 0 radical (unpaired) electrons. The van der Waals surface area contributed by atoms with Gasteiger partial charge >= 0.3 is 6.18 Å². The number of hydrogen-bond donors (Lipinski definition) is 2. The van der Waals surface area contributed by atoms with Crippen molar-refractivity contribution < 1.29 is 18.0 Å². The van der Waals surface area contributed by atoms with Crippen molar-refractivity contribution >= 4 is 23.4 Å². The van der Waals surface area contributed by atoms with E-state index in [-0.39, 0.29) is 23.9 Å². The lowest BCUT2D eigenvalue weighted by Gasteiger charge is -2.37. The Labute approximate surface area is 206 Å². The molecule has 1 aliphatic heterocycles. The van der Waals surface area contributed by atoms with E-state index in [4.69, 9.17) is 4.98 Å². The molecule has 0 saturated carbocycles. The Morgan fingerprint density at radius 3 is 2.67 bits per heavy atom. The number of hydrogen-bond acceptors (Lipinski definition) is 7. The highest BCUT2D eigenvalue weighted by Crippen LogP contribution is 2.37. The first kappa shape index (κ1) is 24.0. The number of rotatable bonds is 5. The van der Waals surface area contributed by atoms with Gasteiger partial charge in [-0.2, -0.15) is 23.3 Å². The van der Waals surface area contributed by atoms with Crippen molar-refractivity contribution in [3.8, 4) is 0 Å². The molecule has 2 atom stereocenters. The van der Waals surface area contributed by atoms with E-state index in [2.05, 4.69) is 25.7 Å². The molecule has 1 aliphatic carbocycles. The molecule has 190 valence electrons. The number of alkyl halides is 3. The van der Waals surface area contributed by atoms with Gasteiger partial charge in [0.05, 0.1) is 24.5 Å². The van der Waals surface area contributed by atoms with Gasteiger partial charge in [0, 0.05) is 24.5 Å². The molecule has 4 heterocycles. The van der Waals surface area contributed by atoms with Crippen LogP contribution in [0.15, 0.2) is 24.5 Å². The van der Waals surface area contributed by atoms with Crippen LogP contribution >= 0.6 is 0 Å². The van der Waals surface area contributed by atoms with Crippen LogP contribution in [0.25, 0.3) is 0 Å². The summed E-state index contributed by atoms with van der Waals surface area (Å²) in [6, 6.07) is 2.04. The average Bonchev–Trinajstić information content (AvgIpc) is 3.38. The number of amides is 1. The standard InChI is InChI=1S/C24H27F3N8O/c1-12(2)20-22(36)32-19-13(3)30-23(33-21(19)34(20)4)31-16-6-7-17-15(16)10-29-35(17)11-14-5-8-18(28-9-14)24(25,26)27/h5,8-10,12,16,20H,6-7,11H2,1-4H3,(H,32,36)(H,30,31,33)/t16-,20?/m0/s1. The molecule has 5 rings (SSSR count). The monoisotopic (exact) mass is 500 g/mol. The molecular weight excluding hydrogens is 473 g/mol. The summed E-state index contributed by atoms with van der Waals surface area (Å²) in [6.45, 7) is 6.17. The minimum atomic E-state index is -4.46. The molecule has 0 saturated heterocycles. The van der Waals surface area contributed by atoms with Gasteiger partial charge < -0.3 is 15.5 Å². The normalized spacial score (nSPS) is 19.3. The predicted molar refractivity (Wildman–Crippen MR) is 128 cm³/mol. The summed E-state index contributed by atoms with van der Waals surface area (Å²) in [4.78, 5) is 27.3. The fourth-order valence-corrected chi connectivity index (χ4v) is 5.01. The summed E-state index contributed by atoms with van der Waals surface area (Å²) in [5.41, 5.74) is 3.06. The number of likely N-dealkylation sites (N-methyl/N-ethyl adjacent to an activating group) is 1. The molecule has 0 spiro atoms. The number of aryl methyl sites for hydroxylation is 1. The van der Waals surface area contributed by atoms with Crippen LogP contribution in [0.3, 0.4) is 0 Å². The van der Waals surface area contributed by atoms with Crippen LogP contribution in [-0.2, 0) is 23.9 Å². The van der Waals surface area contributed by atoms with Crippen molar-refractivity contribution in [2.75, 3.05) is 22.6 Å². The maximum absolute atomic E-state index is 12.8. The van der Waals surface area contributed by atoms with Crippen molar-refractivity contribution in [3.63, 3.8) is 0 Å². The number of carbonyl (C=O) groups is 1. The number of halogens is 3. The summed E-state index contributed by atoms with van der Waals surface area (Å²) in [5, 5.41) is 10.8. The van der Waals surface area contributed by atoms with Gasteiger partial charge in [-0.3, -0.25) is 14.5 Å². The SMILES string of the molecule is Cc1nc(N[C@H]2CCc3c2cnn3Cc2ccc(C(F)(F)F)nc2)nc2c1NC(=O)C(C(C)C)N2C. The minimum absolute atomic E-state index is 0.0543.